The van der Waals surface area contributed by atoms with Crippen LogP contribution in [0.4, 0.5) is 0 Å². The van der Waals surface area contributed by atoms with E-state index >= 15 is 0 Å². The van der Waals surface area contributed by atoms with Gasteiger partial charge in [-0.25, -0.2) is 0 Å². The fourth-order valence-corrected chi connectivity index (χ4v) is 0.563. The van der Waals surface area contributed by atoms with E-state index in [9.17, 15) is 0 Å². The van der Waals surface area contributed by atoms with Crippen molar-refractivity contribution in [2.24, 2.45) is 10.4 Å². The van der Waals surface area contributed by atoms with Crippen LogP contribution in [0.1, 0.15) is 6.92 Å². The summed E-state index contributed by atoms with van der Waals surface area (Å²) in [5.41, 5.74) is -0.181. The first-order chi connectivity index (χ1) is 3.77. The van der Waals surface area contributed by atoms with E-state index in [2.05, 4.69) is 4.99 Å². The second-order valence-electron chi connectivity index (χ2n) is 2.26. The first kappa shape index (κ1) is 5.51. The van der Waals surface area contributed by atoms with Crippen molar-refractivity contribution >= 4 is 6.21 Å². The van der Waals surface area contributed by atoms with Crippen LogP contribution in [0.5, 0.6) is 0 Å². The van der Waals surface area contributed by atoms with Crippen LogP contribution in [0.2, 0.25) is 0 Å². The Labute approximate surface area is 48.6 Å². The van der Waals surface area contributed by atoms with E-state index in [0.717, 1.165) is 0 Å². The molecule has 0 aliphatic carbocycles. The molecule has 2 heteroatoms. The minimum atomic E-state index is -0.181. The molecule has 1 aliphatic rings. The summed E-state index contributed by atoms with van der Waals surface area (Å²) in [7, 11) is 0. The van der Waals surface area contributed by atoms with Gasteiger partial charge in [0.1, 0.15) is 0 Å². The predicted molar refractivity (Wildman–Crippen MR) is 32.8 cm³/mol. The molecule has 0 saturated carbocycles. The third-order valence-electron chi connectivity index (χ3n) is 1.25. The van der Waals surface area contributed by atoms with Crippen LogP contribution >= 0.6 is 0 Å². The third kappa shape index (κ3) is 0.793. The van der Waals surface area contributed by atoms with Gasteiger partial charge in [-0.15, -0.1) is 0 Å². The smallest absolute Gasteiger partial charge is 0.0569 e. The van der Waals surface area contributed by atoms with E-state index in [1.54, 1.807) is 12.4 Å². The molecule has 0 radical (unpaired) electrons. The maximum Gasteiger partial charge on any atom is 0.0569 e. The Kier molecular flexibility index (Phi) is 1.18. The van der Waals surface area contributed by atoms with E-state index < -0.39 is 0 Å². The largest absolute Gasteiger partial charge is 0.395 e. The van der Waals surface area contributed by atoms with E-state index in [1.807, 2.05) is 13.0 Å². The number of hydrogen-bond donors (Lipinski definition) is 1. The molecule has 0 fully saturated rings. The van der Waals surface area contributed by atoms with Gasteiger partial charge in [0.25, 0.3) is 0 Å². The van der Waals surface area contributed by atoms with Crippen LogP contribution in [0, 0.1) is 5.41 Å². The van der Waals surface area contributed by atoms with Crippen molar-refractivity contribution in [3.63, 3.8) is 0 Å². The van der Waals surface area contributed by atoms with Gasteiger partial charge in [-0.1, -0.05) is 6.08 Å². The first-order valence-corrected chi connectivity index (χ1v) is 2.60. The zero-order valence-corrected chi connectivity index (χ0v) is 4.83. The molecule has 0 aromatic rings. The lowest BCUT2D eigenvalue weighted by Gasteiger charge is -2.11. The molecule has 1 aliphatic heterocycles. The summed E-state index contributed by atoms with van der Waals surface area (Å²) >= 11 is 0. The monoisotopic (exact) mass is 111 g/mol. The molecule has 0 amide bonds. The standard InChI is InChI=1S/C6H9NO/c1-6(5-8)2-3-7-4-6/h2-4,8H,5H2,1H3. The topological polar surface area (TPSA) is 32.6 Å². The normalized spacial score (nSPS) is 34.2. The molecule has 8 heavy (non-hydrogen) atoms. The fraction of sp³-hybridized carbons (Fsp3) is 0.500. The highest BCUT2D eigenvalue weighted by molar-refractivity contribution is 5.71. The Morgan fingerprint density at radius 1 is 1.75 bits per heavy atom. The van der Waals surface area contributed by atoms with Gasteiger partial charge >= 0.3 is 0 Å². The Morgan fingerprint density at radius 2 is 2.50 bits per heavy atom. The molecule has 0 aromatic heterocycles. The lowest BCUT2D eigenvalue weighted by atomic mass is 9.95. The summed E-state index contributed by atoms with van der Waals surface area (Å²) in [5, 5.41) is 8.68. The molecular formula is C6H9NO. The summed E-state index contributed by atoms with van der Waals surface area (Å²) in [6.07, 6.45) is 5.33. The molecule has 1 N–H and O–H groups in total. The minimum Gasteiger partial charge on any atom is -0.395 e. The zero-order valence-electron chi connectivity index (χ0n) is 4.83. The highest BCUT2D eigenvalue weighted by Gasteiger charge is 2.18. The van der Waals surface area contributed by atoms with Crippen LogP contribution in [-0.4, -0.2) is 17.9 Å². The summed E-state index contributed by atoms with van der Waals surface area (Å²) in [6, 6.07) is 0. The number of aliphatic hydroxyl groups is 1. The van der Waals surface area contributed by atoms with Crippen molar-refractivity contribution in [2.45, 2.75) is 6.92 Å². The van der Waals surface area contributed by atoms with Crippen molar-refractivity contribution in [1.82, 2.24) is 0 Å². The molecule has 1 heterocycles. The van der Waals surface area contributed by atoms with Crippen LogP contribution in [-0.2, 0) is 0 Å². The summed E-state index contributed by atoms with van der Waals surface area (Å²) in [4.78, 5) is 3.84. The molecule has 0 saturated heterocycles. The third-order valence-corrected chi connectivity index (χ3v) is 1.25. The van der Waals surface area contributed by atoms with Crippen LogP contribution in [0.3, 0.4) is 0 Å². The second-order valence-corrected chi connectivity index (χ2v) is 2.26. The molecule has 1 atom stereocenters. The van der Waals surface area contributed by atoms with Crippen LogP contribution in [0.15, 0.2) is 17.3 Å². The highest BCUT2D eigenvalue weighted by atomic mass is 16.3. The molecule has 0 bridgehead atoms. The first-order valence-electron chi connectivity index (χ1n) is 2.60. The quantitative estimate of drug-likeness (QED) is 0.527. The van der Waals surface area contributed by atoms with Crippen molar-refractivity contribution in [3.05, 3.63) is 12.3 Å². The van der Waals surface area contributed by atoms with E-state index in [0.29, 0.717) is 0 Å². The van der Waals surface area contributed by atoms with Gasteiger partial charge in [0.05, 0.1) is 6.61 Å². The summed E-state index contributed by atoms with van der Waals surface area (Å²) in [6.45, 7) is 2.08. The fourth-order valence-electron chi connectivity index (χ4n) is 0.563. The van der Waals surface area contributed by atoms with Crippen molar-refractivity contribution in [2.75, 3.05) is 6.61 Å². The second kappa shape index (κ2) is 1.71. The summed E-state index contributed by atoms with van der Waals surface area (Å²) < 4.78 is 0. The highest BCUT2D eigenvalue weighted by Crippen LogP contribution is 2.17. The zero-order chi connectivity index (χ0) is 6.04. The number of aliphatic hydroxyl groups excluding tert-OH is 1. The Balaban J connectivity index is 2.69. The van der Waals surface area contributed by atoms with Crippen molar-refractivity contribution in [3.8, 4) is 0 Å². The molecule has 0 aromatic carbocycles. The molecule has 2 nitrogen and oxygen atoms in total. The summed E-state index contributed by atoms with van der Waals surface area (Å²) in [5.74, 6) is 0. The average molecular weight is 111 g/mol. The predicted octanol–water partition coefficient (Wildman–Crippen LogP) is 0.583. The Hall–Kier alpha value is -0.630. The maximum atomic E-state index is 8.68. The van der Waals surface area contributed by atoms with E-state index in [4.69, 9.17) is 5.11 Å². The minimum absolute atomic E-state index is 0.146. The lowest BCUT2D eigenvalue weighted by molar-refractivity contribution is 0.236. The van der Waals surface area contributed by atoms with Crippen molar-refractivity contribution in [1.29, 1.82) is 0 Å². The number of rotatable bonds is 1. The van der Waals surface area contributed by atoms with Crippen LogP contribution in [0.25, 0.3) is 0 Å². The van der Waals surface area contributed by atoms with E-state index in [-0.39, 0.29) is 12.0 Å². The number of hydrogen-bond acceptors (Lipinski definition) is 2. The van der Waals surface area contributed by atoms with Gasteiger partial charge in [-0.05, 0) is 6.92 Å². The SMILES string of the molecule is CC1(CO)C=CN=C1. The Morgan fingerprint density at radius 3 is 2.75 bits per heavy atom. The number of aliphatic imine (C=N–C) groups is 1. The van der Waals surface area contributed by atoms with Gasteiger partial charge in [-0.3, -0.25) is 4.99 Å². The van der Waals surface area contributed by atoms with Gasteiger partial charge < -0.3 is 5.11 Å². The van der Waals surface area contributed by atoms with Crippen LogP contribution < -0.4 is 0 Å². The van der Waals surface area contributed by atoms with Gasteiger partial charge in [0.15, 0.2) is 0 Å². The maximum absolute atomic E-state index is 8.68. The Bertz CT molecular complexity index is 125. The molecule has 0 spiro atoms. The molecular weight excluding hydrogens is 102 g/mol. The number of nitrogens with zero attached hydrogens (tertiary/aromatic N) is 1. The molecule has 1 unspecified atom stereocenters. The molecule has 1 rings (SSSR count). The molecule has 44 valence electrons. The van der Waals surface area contributed by atoms with E-state index in [1.165, 1.54) is 0 Å². The average Bonchev–Trinajstić information content (AvgIpc) is 2.17. The van der Waals surface area contributed by atoms with Crippen molar-refractivity contribution < 1.29 is 5.11 Å². The van der Waals surface area contributed by atoms with Gasteiger partial charge in [-0.2, -0.15) is 0 Å². The van der Waals surface area contributed by atoms with Gasteiger partial charge in [0, 0.05) is 17.8 Å². The lowest BCUT2D eigenvalue weighted by Crippen LogP contribution is -2.17. The van der Waals surface area contributed by atoms with Gasteiger partial charge in [0.2, 0.25) is 0 Å².